The molecule has 0 amide bonds. The number of aliphatic hydroxyl groups is 1. The molecule has 0 bridgehead atoms. The molecule has 1 aromatic rings. The maximum Gasteiger partial charge on any atom is 0.148 e. The van der Waals surface area contributed by atoms with Crippen molar-refractivity contribution < 1.29 is 5.11 Å². The third kappa shape index (κ3) is 2.70. The molecule has 2 unspecified atom stereocenters. The Morgan fingerprint density at radius 3 is 2.72 bits per heavy atom. The van der Waals surface area contributed by atoms with Gasteiger partial charge in [0.05, 0.1) is 12.1 Å². The Kier molecular flexibility index (Phi) is 4.33. The summed E-state index contributed by atoms with van der Waals surface area (Å²) in [4.78, 5) is 8.35. The van der Waals surface area contributed by atoms with E-state index in [2.05, 4.69) is 20.7 Å². The van der Waals surface area contributed by atoms with Crippen molar-refractivity contribution >= 4 is 11.6 Å². The van der Waals surface area contributed by atoms with Crippen LogP contribution in [0.25, 0.3) is 0 Å². The zero-order valence-corrected chi connectivity index (χ0v) is 10.7. The van der Waals surface area contributed by atoms with Crippen LogP contribution in [0, 0.1) is 0 Å². The zero-order chi connectivity index (χ0) is 13.0. The van der Waals surface area contributed by atoms with Gasteiger partial charge < -0.3 is 15.8 Å². The monoisotopic (exact) mass is 251 g/mol. The molecule has 1 aliphatic carbocycles. The van der Waals surface area contributed by atoms with Crippen LogP contribution in [0.1, 0.15) is 38.2 Å². The van der Waals surface area contributed by atoms with Crippen LogP contribution in [0.2, 0.25) is 0 Å². The maximum absolute atomic E-state index is 9.97. The molecule has 1 heterocycles. The summed E-state index contributed by atoms with van der Waals surface area (Å²) in [6, 6.07) is 0.0737. The summed E-state index contributed by atoms with van der Waals surface area (Å²) in [7, 11) is 0. The Balaban J connectivity index is 2.17. The zero-order valence-electron chi connectivity index (χ0n) is 10.7. The SMILES string of the molecule is CCc1c(NN)ncnc1NC1CCCCC1O. The third-order valence-electron chi connectivity index (χ3n) is 3.49. The molecule has 6 nitrogen and oxygen atoms in total. The molecule has 0 aliphatic heterocycles. The van der Waals surface area contributed by atoms with E-state index < -0.39 is 0 Å². The minimum atomic E-state index is -0.298. The molecule has 5 N–H and O–H groups in total. The highest BCUT2D eigenvalue weighted by molar-refractivity contribution is 5.57. The molecule has 0 aromatic carbocycles. The van der Waals surface area contributed by atoms with Crippen LogP contribution in [0.4, 0.5) is 11.6 Å². The predicted molar refractivity (Wildman–Crippen MR) is 71.1 cm³/mol. The van der Waals surface area contributed by atoms with Gasteiger partial charge in [0, 0.05) is 5.56 Å². The van der Waals surface area contributed by atoms with E-state index in [1.54, 1.807) is 0 Å². The van der Waals surface area contributed by atoms with E-state index in [4.69, 9.17) is 5.84 Å². The van der Waals surface area contributed by atoms with Gasteiger partial charge in [0.2, 0.25) is 0 Å². The number of hydrogen-bond donors (Lipinski definition) is 4. The first kappa shape index (κ1) is 13.0. The van der Waals surface area contributed by atoms with Gasteiger partial charge in [-0.05, 0) is 19.3 Å². The van der Waals surface area contributed by atoms with E-state index >= 15 is 0 Å². The summed E-state index contributed by atoms with van der Waals surface area (Å²) in [5.41, 5.74) is 3.54. The fourth-order valence-corrected chi connectivity index (χ4v) is 2.45. The molecule has 1 saturated carbocycles. The van der Waals surface area contributed by atoms with E-state index in [0.29, 0.717) is 5.82 Å². The number of rotatable bonds is 4. The minimum absolute atomic E-state index is 0.0737. The number of aromatic nitrogens is 2. The molecule has 1 fully saturated rings. The lowest BCUT2D eigenvalue weighted by molar-refractivity contribution is 0.116. The number of anilines is 2. The number of aliphatic hydroxyl groups excluding tert-OH is 1. The third-order valence-corrected chi connectivity index (χ3v) is 3.49. The topological polar surface area (TPSA) is 96.1 Å². The first-order chi connectivity index (χ1) is 8.76. The molecular weight excluding hydrogens is 230 g/mol. The summed E-state index contributed by atoms with van der Waals surface area (Å²) >= 11 is 0. The highest BCUT2D eigenvalue weighted by Crippen LogP contribution is 2.25. The lowest BCUT2D eigenvalue weighted by atomic mass is 9.92. The van der Waals surface area contributed by atoms with Gasteiger partial charge in [-0.1, -0.05) is 19.8 Å². The van der Waals surface area contributed by atoms with Crippen molar-refractivity contribution in [2.24, 2.45) is 5.84 Å². The summed E-state index contributed by atoms with van der Waals surface area (Å²) in [6.07, 6.45) is 6.03. The van der Waals surface area contributed by atoms with Crippen LogP contribution < -0.4 is 16.6 Å². The van der Waals surface area contributed by atoms with Crippen LogP contribution in [0.15, 0.2) is 6.33 Å². The van der Waals surface area contributed by atoms with E-state index in [9.17, 15) is 5.11 Å². The van der Waals surface area contributed by atoms with Crippen LogP contribution in [0.5, 0.6) is 0 Å². The molecule has 1 aromatic heterocycles. The molecular formula is C12H21N5O. The van der Waals surface area contributed by atoms with Crippen molar-refractivity contribution in [2.75, 3.05) is 10.7 Å². The van der Waals surface area contributed by atoms with Gasteiger partial charge in [-0.3, -0.25) is 0 Å². The molecule has 2 rings (SSSR count). The van der Waals surface area contributed by atoms with Gasteiger partial charge in [-0.15, -0.1) is 0 Å². The van der Waals surface area contributed by atoms with Crippen molar-refractivity contribution in [2.45, 2.75) is 51.2 Å². The summed E-state index contributed by atoms with van der Waals surface area (Å²) in [5.74, 6) is 6.85. The van der Waals surface area contributed by atoms with E-state index in [0.717, 1.165) is 43.5 Å². The normalized spacial score (nSPS) is 23.7. The van der Waals surface area contributed by atoms with Gasteiger partial charge in [0.1, 0.15) is 18.0 Å². The van der Waals surface area contributed by atoms with Crippen LogP contribution in [-0.2, 0) is 6.42 Å². The second-order valence-corrected chi connectivity index (χ2v) is 4.65. The molecule has 18 heavy (non-hydrogen) atoms. The average Bonchev–Trinajstić information content (AvgIpc) is 2.41. The van der Waals surface area contributed by atoms with Crippen LogP contribution in [-0.4, -0.2) is 27.2 Å². The fraction of sp³-hybridized carbons (Fsp3) is 0.667. The van der Waals surface area contributed by atoms with Gasteiger partial charge in [0.15, 0.2) is 0 Å². The Morgan fingerprint density at radius 2 is 2.06 bits per heavy atom. The first-order valence-electron chi connectivity index (χ1n) is 6.51. The van der Waals surface area contributed by atoms with Gasteiger partial charge in [-0.25, -0.2) is 15.8 Å². The summed E-state index contributed by atoms with van der Waals surface area (Å²) in [6.45, 7) is 2.03. The largest absolute Gasteiger partial charge is 0.391 e. The van der Waals surface area contributed by atoms with E-state index in [1.165, 1.54) is 6.33 Å². The minimum Gasteiger partial charge on any atom is -0.391 e. The molecule has 6 heteroatoms. The predicted octanol–water partition coefficient (Wildman–Crippen LogP) is 1.04. The van der Waals surface area contributed by atoms with Crippen molar-refractivity contribution in [1.82, 2.24) is 9.97 Å². The lowest BCUT2D eigenvalue weighted by Gasteiger charge is -2.29. The second-order valence-electron chi connectivity index (χ2n) is 4.65. The van der Waals surface area contributed by atoms with Crippen molar-refractivity contribution in [1.29, 1.82) is 0 Å². The van der Waals surface area contributed by atoms with E-state index in [-0.39, 0.29) is 12.1 Å². The fourth-order valence-electron chi connectivity index (χ4n) is 2.45. The number of hydrogen-bond acceptors (Lipinski definition) is 6. The summed E-state index contributed by atoms with van der Waals surface area (Å²) in [5, 5.41) is 13.3. The van der Waals surface area contributed by atoms with Crippen LogP contribution >= 0.6 is 0 Å². The molecule has 2 atom stereocenters. The number of nitrogens with one attached hydrogen (secondary N) is 2. The van der Waals surface area contributed by atoms with Gasteiger partial charge in [0.25, 0.3) is 0 Å². The van der Waals surface area contributed by atoms with Gasteiger partial charge >= 0.3 is 0 Å². The van der Waals surface area contributed by atoms with E-state index in [1.807, 2.05) is 6.92 Å². The number of nitrogens with zero attached hydrogens (tertiary/aromatic N) is 2. The average molecular weight is 251 g/mol. The Morgan fingerprint density at radius 1 is 1.33 bits per heavy atom. The Labute approximate surface area is 107 Å². The highest BCUT2D eigenvalue weighted by atomic mass is 16.3. The quantitative estimate of drug-likeness (QED) is 0.472. The first-order valence-corrected chi connectivity index (χ1v) is 6.51. The maximum atomic E-state index is 9.97. The second kappa shape index (κ2) is 5.97. The highest BCUT2D eigenvalue weighted by Gasteiger charge is 2.24. The van der Waals surface area contributed by atoms with Crippen molar-refractivity contribution in [3.63, 3.8) is 0 Å². The molecule has 0 radical (unpaired) electrons. The Bertz CT molecular complexity index is 398. The number of nitrogens with two attached hydrogens (primary N) is 1. The molecule has 1 aliphatic rings. The number of hydrazine groups is 1. The standard InChI is InChI=1S/C12H21N5O/c1-2-8-11(14-7-15-12(8)17-13)16-9-5-3-4-6-10(9)18/h7,9-10,18H,2-6,13H2,1H3,(H2,14,15,16,17). The van der Waals surface area contributed by atoms with Gasteiger partial charge in [-0.2, -0.15) is 0 Å². The lowest BCUT2D eigenvalue weighted by Crippen LogP contribution is -2.37. The van der Waals surface area contributed by atoms with Crippen molar-refractivity contribution in [3.8, 4) is 0 Å². The van der Waals surface area contributed by atoms with Crippen LogP contribution in [0.3, 0.4) is 0 Å². The summed E-state index contributed by atoms with van der Waals surface area (Å²) < 4.78 is 0. The van der Waals surface area contributed by atoms with Crippen molar-refractivity contribution in [3.05, 3.63) is 11.9 Å². The number of nitrogen functional groups attached to an aromatic ring is 1. The molecule has 0 saturated heterocycles. The Hall–Kier alpha value is -1.40. The molecule has 0 spiro atoms. The smallest absolute Gasteiger partial charge is 0.148 e. The molecule has 100 valence electrons.